The summed E-state index contributed by atoms with van der Waals surface area (Å²) in [5.74, 6) is 0.641. The molecule has 1 saturated carbocycles. The van der Waals surface area contributed by atoms with Crippen molar-refractivity contribution in [2.75, 3.05) is 40.0 Å². The van der Waals surface area contributed by atoms with Crippen LogP contribution in [-0.2, 0) is 9.47 Å². The van der Waals surface area contributed by atoms with E-state index in [-0.39, 0.29) is 6.10 Å². The number of rotatable bonds is 8. The van der Waals surface area contributed by atoms with Crippen molar-refractivity contribution >= 4 is 0 Å². The van der Waals surface area contributed by atoms with Gasteiger partial charge in [0.2, 0.25) is 0 Å². The molecular weight excluding hydrogens is 206 g/mol. The van der Waals surface area contributed by atoms with Gasteiger partial charge < -0.3 is 19.9 Å². The maximum Gasteiger partial charge on any atom is 0.0700 e. The molecule has 0 bridgehead atoms. The van der Waals surface area contributed by atoms with Gasteiger partial charge in [-0.2, -0.15) is 0 Å². The number of ether oxygens (including phenoxy) is 2. The van der Waals surface area contributed by atoms with Crippen LogP contribution < -0.4 is 5.32 Å². The molecule has 4 heteroatoms. The number of methoxy groups -OCH3 is 1. The molecule has 0 aromatic rings. The normalized spacial score (nSPS) is 25.9. The summed E-state index contributed by atoms with van der Waals surface area (Å²) in [5.41, 5.74) is 0. The first-order valence-corrected chi connectivity index (χ1v) is 6.28. The van der Waals surface area contributed by atoms with Crippen LogP contribution in [0, 0.1) is 5.92 Å². The maximum absolute atomic E-state index is 9.51. The zero-order chi connectivity index (χ0) is 11.6. The Balaban J connectivity index is 1.86. The molecule has 1 fully saturated rings. The van der Waals surface area contributed by atoms with Crippen LogP contribution in [0.1, 0.15) is 25.7 Å². The minimum Gasteiger partial charge on any atom is -0.393 e. The minimum absolute atomic E-state index is 0.0708. The SMILES string of the molecule is COCCOCCNCC1CCCC(O)C1. The third kappa shape index (κ3) is 6.43. The number of hydrogen-bond donors (Lipinski definition) is 2. The van der Waals surface area contributed by atoms with Gasteiger partial charge in [-0.1, -0.05) is 6.42 Å². The molecule has 1 aliphatic rings. The van der Waals surface area contributed by atoms with Crippen LogP contribution in [0.4, 0.5) is 0 Å². The average molecular weight is 231 g/mol. The molecular formula is C12H25NO3. The number of hydrogen-bond acceptors (Lipinski definition) is 4. The predicted molar refractivity (Wildman–Crippen MR) is 63.5 cm³/mol. The molecule has 0 radical (unpaired) electrons. The Morgan fingerprint density at radius 1 is 1.25 bits per heavy atom. The van der Waals surface area contributed by atoms with E-state index in [1.807, 2.05) is 0 Å². The first-order chi connectivity index (χ1) is 7.83. The fraction of sp³-hybridized carbons (Fsp3) is 1.00. The average Bonchev–Trinajstić information content (AvgIpc) is 2.28. The van der Waals surface area contributed by atoms with E-state index in [0.29, 0.717) is 19.1 Å². The number of aliphatic hydroxyl groups is 1. The van der Waals surface area contributed by atoms with Crippen LogP contribution >= 0.6 is 0 Å². The molecule has 2 unspecified atom stereocenters. The van der Waals surface area contributed by atoms with Crippen molar-refractivity contribution < 1.29 is 14.6 Å². The molecule has 96 valence electrons. The van der Waals surface area contributed by atoms with Crippen LogP contribution in [0.5, 0.6) is 0 Å². The monoisotopic (exact) mass is 231 g/mol. The molecule has 0 aromatic carbocycles. The van der Waals surface area contributed by atoms with Crippen molar-refractivity contribution in [3.05, 3.63) is 0 Å². The highest BCUT2D eigenvalue weighted by Gasteiger charge is 2.19. The van der Waals surface area contributed by atoms with Crippen molar-refractivity contribution in [1.29, 1.82) is 0 Å². The lowest BCUT2D eigenvalue weighted by Crippen LogP contribution is -2.31. The summed E-state index contributed by atoms with van der Waals surface area (Å²) in [4.78, 5) is 0. The highest BCUT2D eigenvalue weighted by Crippen LogP contribution is 2.23. The first kappa shape index (κ1) is 13.9. The Kier molecular flexibility index (Phi) is 7.76. The van der Waals surface area contributed by atoms with Gasteiger partial charge in [-0.05, 0) is 31.7 Å². The molecule has 0 aliphatic heterocycles. The fourth-order valence-electron chi connectivity index (χ4n) is 2.14. The van der Waals surface area contributed by atoms with Gasteiger partial charge in [0.05, 0.1) is 25.9 Å². The summed E-state index contributed by atoms with van der Waals surface area (Å²) in [6.07, 6.45) is 4.28. The first-order valence-electron chi connectivity index (χ1n) is 6.28. The standard InChI is InChI=1S/C12H25NO3/c1-15-7-8-16-6-5-13-10-11-3-2-4-12(14)9-11/h11-14H,2-10H2,1H3. The topological polar surface area (TPSA) is 50.7 Å². The summed E-state index contributed by atoms with van der Waals surface area (Å²) in [7, 11) is 1.68. The van der Waals surface area contributed by atoms with Gasteiger partial charge in [-0.15, -0.1) is 0 Å². The highest BCUT2D eigenvalue weighted by atomic mass is 16.5. The Morgan fingerprint density at radius 2 is 2.12 bits per heavy atom. The zero-order valence-electron chi connectivity index (χ0n) is 10.3. The number of nitrogens with one attached hydrogen (secondary N) is 1. The quantitative estimate of drug-likeness (QED) is 0.606. The van der Waals surface area contributed by atoms with E-state index in [1.165, 1.54) is 6.42 Å². The van der Waals surface area contributed by atoms with E-state index in [1.54, 1.807) is 7.11 Å². The van der Waals surface area contributed by atoms with Crippen LogP contribution in [0.25, 0.3) is 0 Å². The third-order valence-electron chi connectivity index (χ3n) is 3.04. The largest absolute Gasteiger partial charge is 0.393 e. The van der Waals surface area contributed by atoms with Crippen molar-refractivity contribution in [2.24, 2.45) is 5.92 Å². The van der Waals surface area contributed by atoms with Crippen LogP contribution in [0.2, 0.25) is 0 Å². The van der Waals surface area contributed by atoms with Crippen molar-refractivity contribution in [1.82, 2.24) is 5.32 Å². The summed E-state index contributed by atoms with van der Waals surface area (Å²) in [6, 6.07) is 0. The Morgan fingerprint density at radius 3 is 2.88 bits per heavy atom. The summed E-state index contributed by atoms with van der Waals surface area (Å²) < 4.78 is 10.2. The van der Waals surface area contributed by atoms with Crippen LogP contribution in [0.15, 0.2) is 0 Å². The molecule has 2 N–H and O–H groups in total. The van der Waals surface area contributed by atoms with E-state index in [2.05, 4.69) is 5.32 Å². The van der Waals surface area contributed by atoms with Gasteiger partial charge in [0, 0.05) is 13.7 Å². The Labute approximate surface area is 98.3 Å². The molecule has 4 nitrogen and oxygen atoms in total. The molecule has 0 saturated heterocycles. The van der Waals surface area contributed by atoms with Gasteiger partial charge in [0.25, 0.3) is 0 Å². The second-order valence-electron chi connectivity index (χ2n) is 4.50. The maximum atomic E-state index is 9.51. The Bertz CT molecular complexity index is 166. The molecule has 0 amide bonds. The van der Waals surface area contributed by atoms with E-state index in [9.17, 15) is 5.11 Å². The van der Waals surface area contributed by atoms with Gasteiger partial charge in [-0.25, -0.2) is 0 Å². The fourth-order valence-corrected chi connectivity index (χ4v) is 2.14. The van der Waals surface area contributed by atoms with E-state index < -0.39 is 0 Å². The third-order valence-corrected chi connectivity index (χ3v) is 3.04. The van der Waals surface area contributed by atoms with E-state index in [4.69, 9.17) is 9.47 Å². The van der Waals surface area contributed by atoms with Gasteiger partial charge in [-0.3, -0.25) is 0 Å². The van der Waals surface area contributed by atoms with Crippen molar-refractivity contribution in [2.45, 2.75) is 31.8 Å². The van der Waals surface area contributed by atoms with Crippen LogP contribution in [-0.4, -0.2) is 51.2 Å². The van der Waals surface area contributed by atoms with E-state index >= 15 is 0 Å². The highest BCUT2D eigenvalue weighted by molar-refractivity contribution is 4.73. The molecule has 0 aromatic heterocycles. The predicted octanol–water partition coefficient (Wildman–Crippen LogP) is 0.790. The van der Waals surface area contributed by atoms with Gasteiger partial charge in [0.1, 0.15) is 0 Å². The van der Waals surface area contributed by atoms with Gasteiger partial charge in [0.15, 0.2) is 0 Å². The summed E-state index contributed by atoms with van der Waals surface area (Å²) in [6.45, 7) is 3.95. The lowest BCUT2D eigenvalue weighted by atomic mass is 9.87. The van der Waals surface area contributed by atoms with E-state index in [0.717, 1.165) is 39.0 Å². The van der Waals surface area contributed by atoms with Crippen LogP contribution in [0.3, 0.4) is 0 Å². The second-order valence-corrected chi connectivity index (χ2v) is 4.50. The molecule has 0 spiro atoms. The summed E-state index contributed by atoms with van der Waals surface area (Å²) >= 11 is 0. The van der Waals surface area contributed by atoms with Crippen molar-refractivity contribution in [3.8, 4) is 0 Å². The second kappa shape index (κ2) is 8.93. The molecule has 2 atom stereocenters. The molecule has 1 aliphatic carbocycles. The lowest BCUT2D eigenvalue weighted by Gasteiger charge is -2.25. The van der Waals surface area contributed by atoms with Gasteiger partial charge >= 0.3 is 0 Å². The minimum atomic E-state index is -0.0708. The lowest BCUT2D eigenvalue weighted by molar-refractivity contribution is 0.0699. The Hall–Kier alpha value is -0.160. The molecule has 1 rings (SSSR count). The molecule has 0 heterocycles. The smallest absolute Gasteiger partial charge is 0.0700 e. The molecule has 16 heavy (non-hydrogen) atoms. The summed E-state index contributed by atoms with van der Waals surface area (Å²) in [5, 5.41) is 12.9. The number of aliphatic hydroxyl groups excluding tert-OH is 1. The zero-order valence-corrected chi connectivity index (χ0v) is 10.3. The van der Waals surface area contributed by atoms with Crippen molar-refractivity contribution in [3.63, 3.8) is 0 Å².